The lowest BCUT2D eigenvalue weighted by molar-refractivity contribution is 0.0953. The van der Waals surface area contributed by atoms with E-state index in [0.29, 0.717) is 26.9 Å². The smallest absolute Gasteiger partial charge is 0.252 e. The fourth-order valence-corrected chi connectivity index (χ4v) is 2.49. The third-order valence-corrected chi connectivity index (χ3v) is 3.79. The molecule has 2 aromatic rings. The van der Waals surface area contributed by atoms with E-state index in [9.17, 15) is 13.6 Å². The van der Waals surface area contributed by atoms with Crippen molar-refractivity contribution < 1.29 is 13.6 Å². The summed E-state index contributed by atoms with van der Waals surface area (Å²) in [5.74, 6) is -1.52. The molecule has 0 aliphatic rings. The molecule has 2 rings (SSSR count). The molecule has 0 bridgehead atoms. The molecule has 0 radical (unpaired) electrons. The first-order chi connectivity index (χ1) is 9.95. The van der Waals surface area contributed by atoms with Gasteiger partial charge in [-0.05, 0) is 58.2 Å². The summed E-state index contributed by atoms with van der Waals surface area (Å²) in [7, 11) is 0. The number of thiol groups is 1. The number of rotatable bonds is 4. The van der Waals surface area contributed by atoms with Crippen LogP contribution in [0.15, 0.2) is 45.8 Å². The third-order valence-electron chi connectivity index (χ3n) is 2.82. The number of nitrogens with one attached hydrogen (secondary N) is 1. The molecule has 0 saturated heterocycles. The minimum absolute atomic E-state index is 0.269. The van der Waals surface area contributed by atoms with Crippen molar-refractivity contribution in [2.45, 2.75) is 11.3 Å². The SMILES string of the molecule is O=C(NCCc1cc(F)cc(F)c1)c1cc(S)ccc1Br. The van der Waals surface area contributed by atoms with Crippen LogP contribution in [0.25, 0.3) is 0 Å². The van der Waals surface area contributed by atoms with Gasteiger partial charge < -0.3 is 5.32 Å². The van der Waals surface area contributed by atoms with Crippen molar-refractivity contribution in [1.29, 1.82) is 0 Å². The Balaban J connectivity index is 1.96. The highest BCUT2D eigenvalue weighted by Gasteiger charge is 2.10. The fourth-order valence-electron chi connectivity index (χ4n) is 1.86. The van der Waals surface area contributed by atoms with Crippen molar-refractivity contribution in [2.75, 3.05) is 6.54 Å². The van der Waals surface area contributed by atoms with Crippen LogP contribution in [-0.2, 0) is 6.42 Å². The topological polar surface area (TPSA) is 29.1 Å². The monoisotopic (exact) mass is 371 g/mol. The molecule has 110 valence electrons. The summed E-state index contributed by atoms with van der Waals surface area (Å²) in [5.41, 5.74) is 0.961. The van der Waals surface area contributed by atoms with E-state index in [2.05, 4.69) is 33.9 Å². The Morgan fingerprint density at radius 2 is 1.81 bits per heavy atom. The minimum atomic E-state index is -0.623. The van der Waals surface area contributed by atoms with Gasteiger partial charge in [-0.15, -0.1) is 12.6 Å². The Morgan fingerprint density at radius 1 is 1.14 bits per heavy atom. The highest BCUT2D eigenvalue weighted by molar-refractivity contribution is 9.10. The summed E-state index contributed by atoms with van der Waals surface area (Å²) in [5, 5.41) is 2.71. The predicted molar refractivity (Wildman–Crippen MR) is 83.8 cm³/mol. The molecule has 0 aliphatic heterocycles. The van der Waals surface area contributed by atoms with Gasteiger partial charge in [-0.2, -0.15) is 0 Å². The second-order valence-corrected chi connectivity index (χ2v) is 5.82. The first-order valence-electron chi connectivity index (χ1n) is 6.17. The molecule has 1 amide bonds. The molecule has 0 unspecified atom stereocenters. The van der Waals surface area contributed by atoms with E-state index in [4.69, 9.17) is 0 Å². The molecule has 0 aromatic heterocycles. The molecule has 21 heavy (non-hydrogen) atoms. The van der Waals surface area contributed by atoms with E-state index in [1.54, 1.807) is 18.2 Å². The maximum Gasteiger partial charge on any atom is 0.252 e. The van der Waals surface area contributed by atoms with Crippen molar-refractivity contribution in [2.24, 2.45) is 0 Å². The molecule has 2 aromatic carbocycles. The van der Waals surface area contributed by atoms with E-state index in [1.165, 1.54) is 12.1 Å². The van der Waals surface area contributed by atoms with Crippen LogP contribution in [0.4, 0.5) is 8.78 Å². The standard InChI is InChI=1S/C15H12BrF2NOS/c16-14-2-1-12(21)8-13(14)15(20)19-4-3-9-5-10(17)7-11(18)6-9/h1-2,5-8,21H,3-4H2,(H,19,20). The molecule has 0 fully saturated rings. The second-order valence-electron chi connectivity index (χ2n) is 4.45. The van der Waals surface area contributed by atoms with Crippen molar-refractivity contribution in [3.05, 3.63) is 63.6 Å². The first-order valence-corrected chi connectivity index (χ1v) is 7.41. The quantitative estimate of drug-likeness (QED) is 0.781. The Bertz CT molecular complexity index is 658. The lowest BCUT2D eigenvalue weighted by Crippen LogP contribution is -2.26. The second kappa shape index (κ2) is 7.04. The van der Waals surface area contributed by atoms with Crippen molar-refractivity contribution in [3.8, 4) is 0 Å². The summed E-state index contributed by atoms with van der Waals surface area (Å²) in [6, 6.07) is 8.46. The molecule has 0 heterocycles. The largest absolute Gasteiger partial charge is 0.352 e. The van der Waals surface area contributed by atoms with Gasteiger partial charge in [0.25, 0.3) is 5.91 Å². The Kier molecular flexibility index (Phi) is 5.36. The first kappa shape index (κ1) is 16.0. The number of benzene rings is 2. The van der Waals surface area contributed by atoms with Crippen molar-refractivity contribution >= 4 is 34.5 Å². The summed E-state index contributed by atoms with van der Waals surface area (Å²) >= 11 is 7.48. The zero-order valence-electron chi connectivity index (χ0n) is 10.9. The van der Waals surface area contributed by atoms with Crippen LogP contribution in [0.5, 0.6) is 0 Å². The maximum atomic E-state index is 13.0. The highest BCUT2D eigenvalue weighted by atomic mass is 79.9. The van der Waals surface area contributed by atoms with Gasteiger partial charge in [-0.25, -0.2) is 8.78 Å². The summed E-state index contributed by atoms with van der Waals surface area (Å²) < 4.78 is 26.7. The molecule has 6 heteroatoms. The van der Waals surface area contributed by atoms with Gasteiger partial charge in [0.2, 0.25) is 0 Å². The molecule has 0 aliphatic carbocycles. The lowest BCUT2D eigenvalue weighted by Gasteiger charge is -2.08. The van der Waals surface area contributed by atoms with Gasteiger partial charge in [-0.3, -0.25) is 4.79 Å². The molecule has 0 atom stereocenters. The van der Waals surface area contributed by atoms with Crippen LogP contribution in [0.1, 0.15) is 15.9 Å². The Hall–Kier alpha value is -1.40. The molecule has 0 saturated carbocycles. The zero-order valence-corrected chi connectivity index (χ0v) is 13.3. The number of halogens is 3. The van der Waals surface area contributed by atoms with Crippen LogP contribution in [0, 0.1) is 11.6 Å². The Morgan fingerprint density at radius 3 is 2.48 bits per heavy atom. The predicted octanol–water partition coefficient (Wildman–Crippen LogP) is 3.99. The van der Waals surface area contributed by atoms with E-state index in [0.717, 1.165) is 6.07 Å². The molecular weight excluding hydrogens is 360 g/mol. The van der Waals surface area contributed by atoms with Gasteiger partial charge in [0.15, 0.2) is 0 Å². The Labute approximate surface area is 135 Å². The summed E-state index contributed by atoms with van der Waals surface area (Å²) in [6.45, 7) is 0.283. The normalized spacial score (nSPS) is 10.5. The number of hydrogen-bond acceptors (Lipinski definition) is 2. The van der Waals surface area contributed by atoms with Crippen molar-refractivity contribution in [1.82, 2.24) is 5.32 Å². The van der Waals surface area contributed by atoms with E-state index in [1.807, 2.05) is 0 Å². The van der Waals surface area contributed by atoms with Gasteiger partial charge in [-0.1, -0.05) is 0 Å². The van der Waals surface area contributed by atoms with Crippen molar-refractivity contribution in [3.63, 3.8) is 0 Å². The number of hydrogen-bond donors (Lipinski definition) is 2. The number of amides is 1. The number of carbonyl (C=O) groups is 1. The average molecular weight is 372 g/mol. The van der Waals surface area contributed by atoms with Crippen LogP contribution >= 0.6 is 28.6 Å². The molecule has 1 N–H and O–H groups in total. The van der Waals surface area contributed by atoms with Crippen LogP contribution in [0.2, 0.25) is 0 Å². The fraction of sp³-hybridized carbons (Fsp3) is 0.133. The van der Waals surface area contributed by atoms with Crippen LogP contribution in [0.3, 0.4) is 0 Å². The minimum Gasteiger partial charge on any atom is -0.352 e. The maximum absolute atomic E-state index is 13.0. The zero-order chi connectivity index (χ0) is 15.4. The van der Waals surface area contributed by atoms with E-state index >= 15 is 0 Å². The van der Waals surface area contributed by atoms with Gasteiger partial charge in [0, 0.05) is 22.0 Å². The van der Waals surface area contributed by atoms with Crippen LogP contribution in [-0.4, -0.2) is 12.5 Å². The third kappa shape index (κ3) is 4.54. The molecule has 2 nitrogen and oxygen atoms in total. The van der Waals surface area contributed by atoms with E-state index < -0.39 is 11.6 Å². The molecular formula is C15H12BrF2NOS. The summed E-state index contributed by atoms with van der Waals surface area (Å²) in [4.78, 5) is 12.7. The van der Waals surface area contributed by atoms with Gasteiger partial charge >= 0.3 is 0 Å². The molecule has 0 spiro atoms. The number of carbonyl (C=O) groups excluding carboxylic acids is 1. The van der Waals surface area contributed by atoms with Gasteiger partial charge in [0.05, 0.1) is 5.56 Å². The lowest BCUT2D eigenvalue weighted by atomic mass is 10.1. The van der Waals surface area contributed by atoms with Crippen LogP contribution < -0.4 is 5.32 Å². The van der Waals surface area contributed by atoms with Gasteiger partial charge in [0.1, 0.15) is 11.6 Å². The average Bonchev–Trinajstić information content (AvgIpc) is 2.40. The van der Waals surface area contributed by atoms with E-state index in [-0.39, 0.29) is 12.5 Å². The summed E-state index contributed by atoms with van der Waals surface area (Å²) in [6.07, 6.45) is 0.346. The highest BCUT2D eigenvalue weighted by Crippen LogP contribution is 2.20.